The molecule has 1 unspecified atom stereocenters. The molecule has 0 radical (unpaired) electrons. The van der Waals surface area contributed by atoms with Crippen LogP contribution in [0.4, 0.5) is 0 Å². The maximum atomic E-state index is 11.4. The number of phenolic OH excluding ortho intramolecular Hbond substituents is 1. The minimum atomic E-state index is -1.69. The molecular formula is C22H36N2O4Si. The molecule has 1 atom stereocenters. The van der Waals surface area contributed by atoms with Gasteiger partial charge < -0.3 is 14.3 Å². The average Bonchev–Trinajstić information content (AvgIpc) is 2.61. The van der Waals surface area contributed by atoms with Gasteiger partial charge in [-0.05, 0) is 50.0 Å². The van der Waals surface area contributed by atoms with Gasteiger partial charge in [0.1, 0.15) is 11.5 Å². The number of ether oxygens (including phenoxy) is 1. The van der Waals surface area contributed by atoms with Gasteiger partial charge >= 0.3 is 0 Å². The summed E-state index contributed by atoms with van der Waals surface area (Å²) in [5.41, 5.74) is 4.52. The Hall–Kier alpha value is -1.86. The van der Waals surface area contributed by atoms with Crippen LogP contribution < -0.4 is 10.2 Å². The molecule has 0 bridgehead atoms. The number of nitrogens with zero attached hydrogens (tertiary/aromatic N) is 1. The molecule has 0 fully saturated rings. The van der Waals surface area contributed by atoms with E-state index in [2.05, 4.69) is 44.4 Å². The molecule has 2 rings (SSSR count). The first-order valence-electron chi connectivity index (χ1n) is 10.4. The lowest BCUT2D eigenvalue weighted by molar-refractivity contribution is -0.121. The van der Waals surface area contributed by atoms with Crippen molar-refractivity contribution in [3.63, 3.8) is 0 Å². The van der Waals surface area contributed by atoms with E-state index < -0.39 is 8.32 Å². The van der Waals surface area contributed by atoms with Gasteiger partial charge in [-0.1, -0.05) is 27.7 Å². The Morgan fingerprint density at radius 3 is 2.52 bits per heavy atom. The van der Waals surface area contributed by atoms with Gasteiger partial charge in [0.15, 0.2) is 8.32 Å². The molecule has 1 aliphatic heterocycles. The highest BCUT2D eigenvalue weighted by atomic mass is 28.4. The predicted octanol–water partition coefficient (Wildman–Crippen LogP) is 4.74. The van der Waals surface area contributed by atoms with E-state index in [0.717, 1.165) is 19.4 Å². The molecule has 7 heteroatoms. The lowest BCUT2D eigenvalue weighted by Gasteiger charge is -2.36. The number of benzene rings is 1. The molecular weight excluding hydrogens is 384 g/mol. The Kier molecular flexibility index (Phi) is 7.51. The topological polar surface area (TPSA) is 80.2 Å². The third-order valence-corrected chi connectivity index (χ3v) is 10.5. The highest BCUT2D eigenvalue weighted by Gasteiger charge is 2.36. The molecule has 1 aromatic carbocycles. The van der Waals surface area contributed by atoms with Gasteiger partial charge in [0.05, 0.1) is 12.3 Å². The fourth-order valence-electron chi connectivity index (χ4n) is 2.95. The third-order valence-electron chi connectivity index (χ3n) is 5.98. The Labute approximate surface area is 175 Å². The number of hydrazone groups is 1. The van der Waals surface area contributed by atoms with Gasteiger partial charge in [0.25, 0.3) is 0 Å². The van der Waals surface area contributed by atoms with Crippen molar-refractivity contribution < 1.29 is 19.1 Å². The minimum Gasteiger partial charge on any atom is -0.507 e. The van der Waals surface area contributed by atoms with E-state index in [0.29, 0.717) is 35.6 Å². The monoisotopic (exact) mass is 420 g/mol. The number of carbonyl (C=O) groups is 1. The van der Waals surface area contributed by atoms with Crippen molar-refractivity contribution in [3.8, 4) is 11.5 Å². The number of aromatic hydroxyl groups is 1. The number of nitrogens with one attached hydrogen (secondary N) is 1. The molecule has 1 aliphatic rings. The number of carbonyl (C=O) groups excluding carboxylic acids is 1. The zero-order valence-electron chi connectivity index (χ0n) is 18.9. The second-order valence-corrected chi connectivity index (χ2v) is 14.2. The summed E-state index contributed by atoms with van der Waals surface area (Å²) in [6.07, 6.45) is 2.21. The van der Waals surface area contributed by atoms with Crippen molar-refractivity contribution >= 4 is 19.9 Å². The molecule has 0 saturated heterocycles. The van der Waals surface area contributed by atoms with Gasteiger partial charge in [-0.3, -0.25) is 4.79 Å². The van der Waals surface area contributed by atoms with Crippen molar-refractivity contribution in [2.45, 2.75) is 72.0 Å². The maximum absolute atomic E-state index is 11.4. The summed E-state index contributed by atoms with van der Waals surface area (Å²) in [5.74, 6) is 0.687. The first-order valence-corrected chi connectivity index (χ1v) is 13.3. The number of phenols is 1. The molecule has 0 aromatic heterocycles. The van der Waals surface area contributed by atoms with Crippen LogP contribution in [-0.2, 0) is 9.22 Å². The lowest BCUT2D eigenvalue weighted by atomic mass is 9.92. The van der Waals surface area contributed by atoms with Crippen LogP contribution in [0.15, 0.2) is 17.2 Å². The Balaban J connectivity index is 1.88. The van der Waals surface area contributed by atoms with Crippen molar-refractivity contribution in [2.75, 3.05) is 13.2 Å². The first-order chi connectivity index (χ1) is 13.4. The Morgan fingerprint density at radius 2 is 1.90 bits per heavy atom. The van der Waals surface area contributed by atoms with Gasteiger partial charge in [-0.15, -0.1) is 0 Å². The summed E-state index contributed by atoms with van der Waals surface area (Å²) in [7, 11) is -1.69. The smallest absolute Gasteiger partial charge is 0.240 e. The summed E-state index contributed by atoms with van der Waals surface area (Å²) >= 11 is 0. The first kappa shape index (κ1) is 23.4. The SMILES string of the molecule is Cc1c(OCCCCO[Si](C)(C)C(C)(C)C)ccc(C2=NNC(=O)CC2C)c1O. The Morgan fingerprint density at radius 1 is 1.24 bits per heavy atom. The summed E-state index contributed by atoms with van der Waals surface area (Å²) in [6.45, 7) is 16.4. The summed E-state index contributed by atoms with van der Waals surface area (Å²) in [5, 5.41) is 15.0. The van der Waals surface area contributed by atoms with Crippen LogP contribution in [0.2, 0.25) is 18.1 Å². The van der Waals surface area contributed by atoms with Crippen molar-refractivity contribution in [1.82, 2.24) is 5.43 Å². The summed E-state index contributed by atoms with van der Waals surface area (Å²) in [6, 6.07) is 3.67. The van der Waals surface area contributed by atoms with Crippen LogP contribution in [0.25, 0.3) is 0 Å². The van der Waals surface area contributed by atoms with E-state index in [1.807, 2.05) is 26.0 Å². The molecule has 2 N–H and O–H groups in total. The summed E-state index contributed by atoms with van der Waals surface area (Å²) in [4.78, 5) is 11.4. The molecule has 0 spiro atoms. The van der Waals surface area contributed by atoms with E-state index in [-0.39, 0.29) is 22.6 Å². The van der Waals surface area contributed by atoms with E-state index in [4.69, 9.17) is 9.16 Å². The van der Waals surface area contributed by atoms with Crippen LogP contribution in [0, 0.1) is 12.8 Å². The number of hydrogen-bond donors (Lipinski definition) is 2. The zero-order chi connectivity index (χ0) is 21.8. The number of amides is 1. The molecule has 1 aromatic rings. The number of unbranched alkanes of at least 4 members (excludes halogenated alkanes) is 1. The second-order valence-electron chi connectivity index (χ2n) is 9.39. The molecule has 1 amide bonds. The van der Waals surface area contributed by atoms with Crippen LogP contribution in [0.1, 0.15) is 58.1 Å². The summed E-state index contributed by atoms with van der Waals surface area (Å²) < 4.78 is 12.1. The van der Waals surface area contributed by atoms with Crippen molar-refractivity contribution in [2.24, 2.45) is 11.0 Å². The van der Waals surface area contributed by atoms with Gasteiger partial charge in [-0.25, -0.2) is 5.43 Å². The molecule has 162 valence electrons. The van der Waals surface area contributed by atoms with Gasteiger partial charge in [0, 0.05) is 30.1 Å². The van der Waals surface area contributed by atoms with Crippen molar-refractivity contribution in [1.29, 1.82) is 0 Å². The fraction of sp³-hybridized carbons (Fsp3) is 0.636. The largest absolute Gasteiger partial charge is 0.507 e. The highest BCUT2D eigenvalue weighted by molar-refractivity contribution is 6.74. The van der Waals surface area contributed by atoms with Crippen molar-refractivity contribution in [3.05, 3.63) is 23.3 Å². The fourth-order valence-corrected chi connectivity index (χ4v) is 4.04. The van der Waals surface area contributed by atoms with Crippen LogP contribution >= 0.6 is 0 Å². The molecule has 6 nitrogen and oxygen atoms in total. The van der Waals surface area contributed by atoms with Crippen LogP contribution in [0.3, 0.4) is 0 Å². The van der Waals surface area contributed by atoms with E-state index in [1.54, 1.807) is 0 Å². The highest BCUT2D eigenvalue weighted by Crippen LogP contribution is 2.36. The predicted molar refractivity (Wildman–Crippen MR) is 119 cm³/mol. The minimum absolute atomic E-state index is 0.0401. The molecule has 0 aliphatic carbocycles. The van der Waals surface area contributed by atoms with E-state index in [9.17, 15) is 9.90 Å². The maximum Gasteiger partial charge on any atom is 0.240 e. The third kappa shape index (κ3) is 5.82. The lowest BCUT2D eigenvalue weighted by Crippen LogP contribution is -2.41. The zero-order valence-corrected chi connectivity index (χ0v) is 19.9. The van der Waals surface area contributed by atoms with Crippen LogP contribution in [0.5, 0.6) is 11.5 Å². The van der Waals surface area contributed by atoms with Gasteiger partial charge in [0.2, 0.25) is 5.91 Å². The van der Waals surface area contributed by atoms with E-state index >= 15 is 0 Å². The quantitative estimate of drug-likeness (QED) is 0.470. The average molecular weight is 421 g/mol. The molecule has 1 heterocycles. The molecule has 29 heavy (non-hydrogen) atoms. The second kappa shape index (κ2) is 9.30. The number of hydrogen-bond acceptors (Lipinski definition) is 5. The number of rotatable bonds is 8. The Bertz CT molecular complexity index is 769. The standard InChI is InChI=1S/C22H36N2O4Si/c1-15-14-19(25)23-24-20(15)17-10-11-18(16(2)21(17)26)27-12-8-9-13-28-29(6,7)22(3,4)5/h10-11,15,26H,8-9,12-14H2,1-7H3,(H,23,25). The van der Waals surface area contributed by atoms with Gasteiger partial charge in [-0.2, -0.15) is 5.10 Å². The van der Waals surface area contributed by atoms with E-state index in [1.165, 1.54) is 0 Å². The molecule has 0 saturated carbocycles. The van der Waals surface area contributed by atoms with Crippen LogP contribution in [-0.4, -0.2) is 38.3 Å². The normalized spacial score (nSPS) is 17.7.